The molecule has 0 amide bonds. The molecular weight excluding hydrogens is 411 g/mol. The molecule has 2 rings (SSSR count). The van der Waals surface area contributed by atoms with E-state index in [1.807, 2.05) is 25.4 Å². The van der Waals surface area contributed by atoms with Crippen molar-refractivity contribution in [1.29, 1.82) is 0 Å². The topological polar surface area (TPSA) is 49.3 Å². The second kappa shape index (κ2) is 10.9. The van der Waals surface area contributed by atoms with E-state index in [0.717, 1.165) is 37.1 Å². The van der Waals surface area contributed by atoms with Gasteiger partial charge < -0.3 is 10.6 Å². The summed E-state index contributed by atoms with van der Waals surface area (Å²) in [6, 6.07) is 6.05. The lowest BCUT2D eigenvalue weighted by Gasteiger charge is -2.31. The monoisotopic (exact) mass is 444 g/mol. The van der Waals surface area contributed by atoms with Crippen molar-refractivity contribution in [2.24, 2.45) is 16.3 Å². The molecule has 0 spiro atoms. The Morgan fingerprint density at radius 2 is 2.00 bits per heavy atom. The van der Waals surface area contributed by atoms with E-state index in [9.17, 15) is 0 Å². The zero-order valence-electron chi connectivity index (χ0n) is 15.3. The van der Waals surface area contributed by atoms with Gasteiger partial charge in [0.2, 0.25) is 0 Å². The van der Waals surface area contributed by atoms with Gasteiger partial charge in [-0.2, -0.15) is 0 Å². The number of nitrogens with one attached hydrogen (secondary N) is 2. The Balaban J connectivity index is 0.00000288. The molecule has 2 N–H and O–H groups in total. The maximum absolute atomic E-state index is 4.36. The Labute approximate surface area is 164 Å². The van der Waals surface area contributed by atoms with Gasteiger partial charge in [0.25, 0.3) is 0 Å². The number of aliphatic imine (C=N–C) groups is 1. The second-order valence-electron chi connectivity index (χ2n) is 7.23. The summed E-state index contributed by atoms with van der Waals surface area (Å²) in [5, 5.41) is 6.97. The summed E-state index contributed by atoms with van der Waals surface area (Å²) in [4.78, 5) is 8.72. The van der Waals surface area contributed by atoms with Crippen molar-refractivity contribution in [2.75, 3.05) is 20.1 Å². The Hall–Kier alpha value is -0.850. The summed E-state index contributed by atoms with van der Waals surface area (Å²) in [6.07, 6.45) is 9.52. The first kappa shape index (κ1) is 21.2. The van der Waals surface area contributed by atoms with E-state index in [1.165, 1.54) is 32.1 Å². The van der Waals surface area contributed by atoms with E-state index < -0.39 is 0 Å². The summed E-state index contributed by atoms with van der Waals surface area (Å²) in [7, 11) is 1.85. The van der Waals surface area contributed by atoms with Gasteiger partial charge in [0.1, 0.15) is 0 Å². The lowest BCUT2D eigenvalue weighted by Crippen LogP contribution is -2.44. The predicted molar refractivity (Wildman–Crippen MR) is 113 cm³/mol. The van der Waals surface area contributed by atoms with Crippen LogP contribution in [0.2, 0.25) is 0 Å². The highest BCUT2D eigenvalue weighted by Gasteiger charge is 2.34. The summed E-state index contributed by atoms with van der Waals surface area (Å²) in [5.74, 6) is 1.67. The highest BCUT2D eigenvalue weighted by Crippen LogP contribution is 2.42. The third-order valence-electron chi connectivity index (χ3n) is 4.76. The van der Waals surface area contributed by atoms with Crippen molar-refractivity contribution >= 4 is 29.9 Å². The number of rotatable bonds is 7. The average Bonchev–Trinajstić information content (AvgIpc) is 2.99. The van der Waals surface area contributed by atoms with Gasteiger partial charge in [-0.25, -0.2) is 0 Å². The minimum atomic E-state index is 0. The minimum absolute atomic E-state index is 0. The standard InChI is InChI=1S/C19H32N4.HI/c1-16(2)14-19(10-5-6-11-19)15-23-18(20-3)22-13-9-17-8-4-7-12-21-17;/h4,7-8,12,16H,5-6,9-11,13-15H2,1-3H3,(H2,20,22,23);1H. The van der Waals surface area contributed by atoms with E-state index in [0.29, 0.717) is 5.41 Å². The normalized spacial score (nSPS) is 16.8. The van der Waals surface area contributed by atoms with Gasteiger partial charge in [-0.3, -0.25) is 9.98 Å². The Kier molecular flexibility index (Phi) is 9.63. The van der Waals surface area contributed by atoms with Crippen LogP contribution < -0.4 is 10.6 Å². The van der Waals surface area contributed by atoms with Crippen molar-refractivity contribution in [3.05, 3.63) is 30.1 Å². The molecule has 1 aromatic heterocycles. The summed E-state index contributed by atoms with van der Waals surface area (Å²) >= 11 is 0. The molecule has 0 saturated heterocycles. The molecule has 0 aromatic carbocycles. The summed E-state index contributed by atoms with van der Waals surface area (Å²) in [6.45, 7) is 6.56. The van der Waals surface area contributed by atoms with Crippen LogP contribution in [0.4, 0.5) is 0 Å². The third kappa shape index (κ3) is 6.95. The maximum Gasteiger partial charge on any atom is 0.191 e. The molecular formula is C19H33IN4. The van der Waals surface area contributed by atoms with Crippen LogP contribution >= 0.6 is 24.0 Å². The molecule has 4 nitrogen and oxygen atoms in total. The lowest BCUT2D eigenvalue weighted by atomic mass is 9.78. The molecule has 0 unspecified atom stereocenters. The fourth-order valence-electron chi connectivity index (χ4n) is 3.79. The van der Waals surface area contributed by atoms with Gasteiger partial charge in [0.05, 0.1) is 0 Å². The molecule has 1 aliphatic carbocycles. The molecule has 1 fully saturated rings. The molecule has 0 radical (unpaired) electrons. The second-order valence-corrected chi connectivity index (χ2v) is 7.23. The Morgan fingerprint density at radius 1 is 1.25 bits per heavy atom. The molecule has 0 bridgehead atoms. The minimum Gasteiger partial charge on any atom is -0.356 e. The van der Waals surface area contributed by atoms with Crippen LogP contribution in [0, 0.1) is 11.3 Å². The highest BCUT2D eigenvalue weighted by molar-refractivity contribution is 14.0. The maximum atomic E-state index is 4.36. The van der Waals surface area contributed by atoms with Crippen molar-refractivity contribution in [3.63, 3.8) is 0 Å². The van der Waals surface area contributed by atoms with Crippen LogP contribution in [0.1, 0.15) is 51.6 Å². The molecule has 1 saturated carbocycles. The number of aromatic nitrogens is 1. The van der Waals surface area contributed by atoms with Gasteiger partial charge in [-0.05, 0) is 42.7 Å². The molecule has 24 heavy (non-hydrogen) atoms. The van der Waals surface area contributed by atoms with E-state index in [-0.39, 0.29) is 24.0 Å². The highest BCUT2D eigenvalue weighted by atomic mass is 127. The summed E-state index contributed by atoms with van der Waals surface area (Å²) < 4.78 is 0. The smallest absolute Gasteiger partial charge is 0.191 e. The quantitative estimate of drug-likeness (QED) is 0.380. The van der Waals surface area contributed by atoms with Gasteiger partial charge >= 0.3 is 0 Å². The van der Waals surface area contributed by atoms with Crippen molar-refractivity contribution in [3.8, 4) is 0 Å². The fourth-order valence-corrected chi connectivity index (χ4v) is 3.79. The number of hydrogen-bond acceptors (Lipinski definition) is 2. The largest absolute Gasteiger partial charge is 0.356 e. The van der Waals surface area contributed by atoms with Gasteiger partial charge in [0, 0.05) is 38.4 Å². The van der Waals surface area contributed by atoms with E-state index >= 15 is 0 Å². The average molecular weight is 444 g/mol. The molecule has 5 heteroatoms. The zero-order valence-corrected chi connectivity index (χ0v) is 17.7. The summed E-state index contributed by atoms with van der Waals surface area (Å²) in [5.41, 5.74) is 1.58. The predicted octanol–water partition coefficient (Wildman–Crippen LogP) is 4.01. The van der Waals surface area contributed by atoms with Crippen molar-refractivity contribution in [1.82, 2.24) is 15.6 Å². The van der Waals surface area contributed by atoms with Crippen LogP contribution in [0.5, 0.6) is 0 Å². The first-order chi connectivity index (χ1) is 11.1. The van der Waals surface area contributed by atoms with Gasteiger partial charge in [-0.15, -0.1) is 24.0 Å². The SMILES string of the molecule is CN=C(NCCc1ccccn1)NCC1(CC(C)C)CCCC1.I. The van der Waals surface area contributed by atoms with Crippen LogP contribution in [-0.4, -0.2) is 31.1 Å². The molecule has 0 aliphatic heterocycles. The van der Waals surface area contributed by atoms with Crippen molar-refractivity contribution in [2.45, 2.75) is 52.4 Å². The third-order valence-corrected chi connectivity index (χ3v) is 4.76. The molecule has 1 aliphatic rings. The van der Waals surface area contributed by atoms with Crippen LogP contribution in [0.25, 0.3) is 0 Å². The number of nitrogens with zero attached hydrogens (tertiary/aromatic N) is 2. The lowest BCUT2D eigenvalue weighted by molar-refractivity contribution is 0.235. The zero-order chi connectivity index (χ0) is 16.5. The molecule has 1 heterocycles. The molecule has 1 aromatic rings. The van der Waals surface area contributed by atoms with Gasteiger partial charge in [-0.1, -0.05) is 32.8 Å². The number of guanidine groups is 1. The Morgan fingerprint density at radius 3 is 2.58 bits per heavy atom. The number of hydrogen-bond donors (Lipinski definition) is 2. The first-order valence-electron chi connectivity index (χ1n) is 8.98. The molecule has 136 valence electrons. The van der Waals surface area contributed by atoms with Crippen LogP contribution in [0.3, 0.4) is 0 Å². The fraction of sp³-hybridized carbons (Fsp3) is 0.684. The number of pyridine rings is 1. The van der Waals surface area contributed by atoms with E-state index in [2.05, 4.69) is 40.5 Å². The number of halogens is 1. The molecule has 0 atom stereocenters. The van der Waals surface area contributed by atoms with Crippen LogP contribution in [0.15, 0.2) is 29.4 Å². The van der Waals surface area contributed by atoms with Gasteiger partial charge in [0.15, 0.2) is 5.96 Å². The Bertz CT molecular complexity index is 481. The first-order valence-corrected chi connectivity index (χ1v) is 8.98. The van der Waals surface area contributed by atoms with Crippen LogP contribution in [-0.2, 0) is 6.42 Å². The van der Waals surface area contributed by atoms with Crippen molar-refractivity contribution < 1.29 is 0 Å². The van der Waals surface area contributed by atoms with E-state index in [1.54, 1.807) is 0 Å². The van der Waals surface area contributed by atoms with E-state index in [4.69, 9.17) is 0 Å².